The summed E-state index contributed by atoms with van der Waals surface area (Å²) in [6.07, 6.45) is 1.73. The van der Waals surface area contributed by atoms with Gasteiger partial charge < -0.3 is 27.0 Å². The van der Waals surface area contributed by atoms with E-state index in [1.807, 2.05) is 12.1 Å². The molecule has 2 rings (SSSR count). The Morgan fingerprint density at radius 3 is 2.10 bits per heavy atom. The van der Waals surface area contributed by atoms with Gasteiger partial charge in [-0.1, -0.05) is 0 Å². The van der Waals surface area contributed by atoms with Crippen LogP contribution in [0.1, 0.15) is 12.8 Å². The van der Waals surface area contributed by atoms with Crippen LogP contribution in [0.5, 0.6) is 0 Å². The minimum atomic E-state index is -0.579. The van der Waals surface area contributed by atoms with Gasteiger partial charge in [0.1, 0.15) is 0 Å². The summed E-state index contributed by atoms with van der Waals surface area (Å²) in [6.45, 7) is 1.35. The Balaban J connectivity index is 1.85. The number of carbonyl (C=O) groups is 2. The number of hydrogen-bond acceptors (Lipinski definition) is 3. The molecule has 0 bridgehead atoms. The lowest BCUT2D eigenvalue weighted by Gasteiger charge is -2.31. The maximum atomic E-state index is 11.0. The Morgan fingerprint density at radius 2 is 1.60 bits per heavy atom. The van der Waals surface area contributed by atoms with Gasteiger partial charge in [-0.05, 0) is 37.1 Å². The third-order valence-electron chi connectivity index (χ3n) is 3.33. The first-order valence-electron chi connectivity index (χ1n) is 6.52. The molecule has 1 aromatic rings. The maximum Gasteiger partial charge on any atom is 0.316 e. The highest BCUT2D eigenvalue weighted by atomic mass is 16.2. The summed E-state index contributed by atoms with van der Waals surface area (Å²) in [6, 6.07) is 6.71. The molecule has 0 aliphatic carbocycles. The summed E-state index contributed by atoms with van der Waals surface area (Å²) >= 11 is 0. The molecule has 1 saturated heterocycles. The molecule has 1 aliphatic rings. The predicted molar refractivity (Wildman–Crippen MR) is 77.4 cm³/mol. The van der Waals surface area contributed by atoms with Crippen molar-refractivity contribution in [2.24, 2.45) is 11.5 Å². The highest BCUT2D eigenvalue weighted by Gasteiger charge is 2.20. The zero-order valence-corrected chi connectivity index (χ0v) is 11.1. The Bertz CT molecular complexity index is 480. The van der Waals surface area contributed by atoms with E-state index in [0.717, 1.165) is 18.5 Å². The van der Waals surface area contributed by atoms with Crippen molar-refractivity contribution in [2.45, 2.75) is 18.9 Å². The Kier molecular flexibility index (Phi) is 4.29. The lowest BCUT2D eigenvalue weighted by atomic mass is 10.0. The van der Waals surface area contributed by atoms with Crippen molar-refractivity contribution < 1.29 is 9.59 Å². The minimum Gasteiger partial charge on any atom is -0.382 e. The molecule has 0 unspecified atom stereocenters. The number of primary amides is 2. The molecule has 0 saturated carbocycles. The van der Waals surface area contributed by atoms with E-state index in [2.05, 4.69) is 10.6 Å². The summed E-state index contributed by atoms with van der Waals surface area (Å²) < 4.78 is 0. The van der Waals surface area contributed by atoms with E-state index >= 15 is 0 Å². The minimum absolute atomic E-state index is 0.320. The predicted octanol–water partition coefficient (Wildman–Crippen LogP) is 1.13. The van der Waals surface area contributed by atoms with Crippen molar-refractivity contribution in [1.82, 2.24) is 4.90 Å². The van der Waals surface area contributed by atoms with Gasteiger partial charge in [0.05, 0.1) is 0 Å². The SMILES string of the molecule is NC(=O)Nc1ccc(NC2CCN(C(N)=O)CC2)cc1. The fourth-order valence-corrected chi connectivity index (χ4v) is 2.27. The van der Waals surface area contributed by atoms with E-state index in [1.54, 1.807) is 17.0 Å². The number of urea groups is 2. The quantitative estimate of drug-likeness (QED) is 0.664. The molecule has 1 aliphatic heterocycles. The highest BCUT2D eigenvalue weighted by molar-refractivity contribution is 5.87. The van der Waals surface area contributed by atoms with Crippen molar-refractivity contribution in [1.29, 1.82) is 0 Å². The molecule has 0 atom stereocenters. The second-order valence-electron chi connectivity index (χ2n) is 4.81. The van der Waals surface area contributed by atoms with Gasteiger partial charge in [-0.2, -0.15) is 0 Å². The number of rotatable bonds is 3. The van der Waals surface area contributed by atoms with Crippen LogP contribution in [-0.2, 0) is 0 Å². The number of benzene rings is 1. The zero-order chi connectivity index (χ0) is 14.5. The van der Waals surface area contributed by atoms with Gasteiger partial charge in [-0.25, -0.2) is 9.59 Å². The third-order valence-corrected chi connectivity index (χ3v) is 3.33. The first-order valence-corrected chi connectivity index (χ1v) is 6.52. The van der Waals surface area contributed by atoms with Gasteiger partial charge in [0.2, 0.25) is 0 Å². The average molecular weight is 277 g/mol. The fourth-order valence-electron chi connectivity index (χ4n) is 2.27. The molecule has 20 heavy (non-hydrogen) atoms. The Morgan fingerprint density at radius 1 is 1.05 bits per heavy atom. The van der Waals surface area contributed by atoms with Gasteiger partial charge in [0, 0.05) is 30.5 Å². The molecule has 7 nitrogen and oxygen atoms in total. The van der Waals surface area contributed by atoms with Gasteiger partial charge in [0.15, 0.2) is 0 Å². The van der Waals surface area contributed by atoms with Crippen LogP contribution in [0.2, 0.25) is 0 Å². The molecule has 1 heterocycles. The average Bonchev–Trinajstić information content (AvgIpc) is 2.41. The van der Waals surface area contributed by atoms with Crippen LogP contribution in [-0.4, -0.2) is 36.1 Å². The monoisotopic (exact) mass is 277 g/mol. The van der Waals surface area contributed by atoms with E-state index < -0.39 is 6.03 Å². The van der Waals surface area contributed by atoms with E-state index in [1.165, 1.54) is 0 Å². The summed E-state index contributed by atoms with van der Waals surface area (Å²) in [5.74, 6) is 0. The number of likely N-dealkylation sites (tertiary alicyclic amines) is 1. The normalized spacial score (nSPS) is 15.7. The van der Waals surface area contributed by atoms with E-state index in [0.29, 0.717) is 24.8 Å². The molecular formula is C13H19N5O2. The number of anilines is 2. The molecule has 108 valence electrons. The molecule has 4 amide bonds. The van der Waals surface area contributed by atoms with Crippen LogP contribution >= 0.6 is 0 Å². The second-order valence-corrected chi connectivity index (χ2v) is 4.81. The first-order chi connectivity index (χ1) is 9.54. The number of piperidine rings is 1. The van der Waals surface area contributed by atoms with Crippen LogP contribution in [0, 0.1) is 0 Å². The van der Waals surface area contributed by atoms with E-state index in [-0.39, 0.29) is 6.03 Å². The lowest BCUT2D eigenvalue weighted by Crippen LogP contribution is -2.44. The first kappa shape index (κ1) is 14.0. The topological polar surface area (TPSA) is 113 Å². The Hall–Kier alpha value is -2.44. The molecule has 0 radical (unpaired) electrons. The number of nitrogens with zero attached hydrogens (tertiary/aromatic N) is 1. The van der Waals surface area contributed by atoms with Crippen LogP contribution in [0.15, 0.2) is 24.3 Å². The molecule has 6 N–H and O–H groups in total. The molecule has 0 spiro atoms. The number of carbonyl (C=O) groups excluding carboxylic acids is 2. The van der Waals surface area contributed by atoms with Crippen LogP contribution in [0.25, 0.3) is 0 Å². The van der Waals surface area contributed by atoms with E-state index in [4.69, 9.17) is 11.5 Å². The summed E-state index contributed by atoms with van der Waals surface area (Å²) in [7, 11) is 0. The standard InChI is InChI=1S/C13H19N5O2/c14-12(19)17-10-3-1-9(2-4-10)16-11-5-7-18(8-6-11)13(15)20/h1-4,11,16H,5-8H2,(H2,15,20)(H3,14,17,19). The number of amides is 4. The smallest absolute Gasteiger partial charge is 0.316 e. The summed E-state index contributed by atoms with van der Waals surface area (Å²) in [5.41, 5.74) is 11.9. The number of nitrogens with one attached hydrogen (secondary N) is 2. The molecule has 1 fully saturated rings. The molecule has 7 heteroatoms. The number of hydrogen-bond donors (Lipinski definition) is 4. The van der Waals surface area contributed by atoms with Gasteiger partial charge >= 0.3 is 12.1 Å². The fraction of sp³-hybridized carbons (Fsp3) is 0.385. The van der Waals surface area contributed by atoms with Crippen molar-refractivity contribution in [2.75, 3.05) is 23.7 Å². The second kappa shape index (κ2) is 6.14. The van der Waals surface area contributed by atoms with Crippen molar-refractivity contribution in [3.63, 3.8) is 0 Å². The zero-order valence-electron chi connectivity index (χ0n) is 11.1. The molecule has 0 aromatic heterocycles. The Labute approximate surface area is 117 Å². The van der Waals surface area contributed by atoms with Crippen molar-refractivity contribution >= 4 is 23.4 Å². The highest BCUT2D eigenvalue weighted by Crippen LogP contribution is 2.18. The molecule has 1 aromatic carbocycles. The van der Waals surface area contributed by atoms with Crippen molar-refractivity contribution in [3.05, 3.63) is 24.3 Å². The summed E-state index contributed by atoms with van der Waals surface area (Å²) in [5, 5.41) is 5.91. The van der Waals surface area contributed by atoms with Gasteiger partial charge in [-0.15, -0.1) is 0 Å². The van der Waals surface area contributed by atoms with Crippen LogP contribution < -0.4 is 22.1 Å². The molecular weight excluding hydrogens is 258 g/mol. The lowest BCUT2D eigenvalue weighted by molar-refractivity contribution is 0.193. The number of nitrogens with two attached hydrogens (primary N) is 2. The van der Waals surface area contributed by atoms with E-state index in [9.17, 15) is 9.59 Å². The summed E-state index contributed by atoms with van der Waals surface area (Å²) in [4.78, 5) is 23.4. The third kappa shape index (κ3) is 3.78. The van der Waals surface area contributed by atoms with Gasteiger partial charge in [-0.3, -0.25) is 0 Å². The van der Waals surface area contributed by atoms with Crippen LogP contribution in [0.3, 0.4) is 0 Å². The van der Waals surface area contributed by atoms with Crippen molar-refractivity contribution in [3.8, 4) is 0 Å². The largest absolute Gasteiger partial charge is 0.382 e. The van der Waals surface area contributed by atoms with Gasteiger partial charge in [0.25, 0.3) is 0 Å². The maximum absolute atomic E-state index is 11.0. The van der Waals surface area contributed by atoms with Crippen LogP contribution in [0.4, 0.5) is 21.0 Å².